The lowest BCUT2D eigenvalue weighted by Gasteiger charge is -2.17. The highest BCUT2D eigenvalue weighted by Gasteiger charge is 2.40. The van der Waals surface area contributed by atoms with E-state index in [0.29, 0.717) is 6.54 Å². The molecule has 0 aliphatic heterocycles. The smallest absolute Gasteiger partial charge is 0.324 e. The van der Waals surface area contributed by atoms with Crippen LogP contribution in [0.2, 0.25) is 5.02 Å². The first kappa shape index (κ1) is 17.7. The maximum absolute atomic E-state index is 12.8. The molecule has 1 aromatic heterocycles. The van der Waals surface area contributed by atoms with Crippen molar-refractivity contribution < 1.29 is 17.6 Å². The molecule has 0 aliphatic carbocycles. The van der Waals surface area contributed by atoms with Crippen molar-refractivity contribution in [1.29, 1.82) is 0 Å². The monoisotopic (exact) mass is 330 g/mol. The standard InChI is InChI=1S/C11H15ClF4N4O/c1-19(2)3-4-20-9(21)8(12)7(5-18-20)17-6-11(15,16)10(13)14/h5,10,17H,3-4,6H2,1-2H3. The third-order valence-electron chi connectivity index (χ3n) is 2.58. The molecule has 1 rings (SSSR count). The second-order valence-electron chi connectivity index (χ2n) is 4.62. The van der Waals surface area contributed by atoms with Crippen LogP contribution in [0.5, 0.6) is 0 Å². The number of halogens is 5. The molecule has 0 saturated heterocycles. The molecule has 0 spiro atoms. The summed E-state index contributed by atoms with van der Waals surface area (Å²) >= 11 is 5.74. The van der Waals surface area contributed by atoms with Crippen molar-refractivity contribution >= 4 is 17.3 Å². The molecule has 0 fully saturated rings. The molecule has 0 aliphatic rings. The lowest BCUT2D eigenvalue weighted by molar-refractivity contribution is -0.117. The maximum atomic E-state index is 12.8. The summed E-state index contributed by atoms with van der Waals surface area (Å²) < 4.78 is 50.7. The van der Waals surface area contributed by atoms with Gasteiger partial charge in [0.2, 0.25) is 0 Å². The van der Waals surface area contributed by atoms with Crippen LogP contribution in [0.3, 0.4) is 0 Å². The van der Waals surface area contributed by atoms with Crippen LogP contribution in [0, 0.1) is 0 Å². The Kier molecular flexibility index (Phi) is 5.97. The topological polar surface area (TPSA) is 50.2 Å². The summed E-state index contributed by atoms with van der Waals surface area (Å²) in [5.74, 6) is -4.22. The molecule has 0 bridgehead atoms. The van der Waals surface area contributed by atoms with Crippen molar-refractivity contribution in [2.75, 3.05) is 32.5 Å². The molecule has 0 radical (unpaired) electrons. The first-order chi connectivity index (χ1) is 9.65. The highest BCUT2D eigenvalue weighted by Crippen LogP contribution is 2.24. The van der Waals surface area contributed by atoms with Gasteiger partial charge in [-0.3, -0.25) is 4.79 Å². The highest BCUT2D eigenvalue weighted by atomic mass is 35.5. The van der Waals surface area contributed by atoms with E-state index in [2.05, 4.69) is 5.10 Å². The van der Waals surface area contributed by atoms with Crippen LogP contribution in [0.25, 0.3) is 0 Å². The minimum absolute atomic E-state index is 0.205. The largest absolute Gasteiger partial charge is 0.376 e. The Balaban J connectivity index is 2.83. The van der Waals surface area contributed by atoms with Gasteiger partial charge in [0.05, 0.1) is 25.0 Å². The summed E-state index contributed by atoms with van der Waals surface area (Å²) in [5.41, 5.74) is -0.882. The minimum atomic E-state index is -4.22. The number of anilines is 1. The quantitative estimate of drug-likeness (QED) is 0.774. The molecule has 1 aromatic rings. The first-order valence-corrected chi connectivity index (χ1v) is 6.33. The molecule has 120 valence electrons. The molecule has 0 saturated carbocycles. The SMILES string of the molecule is CN(C)CCn1ncc(NCC(F)(F)C(F)F)c(Cl)c1=O. The van der Waals surface area contributed by atoms with Gasteiger partial charge in [0.15, 0.2) is 0 Å². The number of nitrogens with one attached hydrogen (secondary N) is 1. The van der Waals surface area contributed by atoms with Gasteiger partial charge in [0.1, 0.15) is 5.02 Å². The number of aromatic nitrogens is 2. The van der Waals surface area contributed by atoms with Gasteiger partial charge in [-0.15, -0.1) is 0 Å². The molecular formula is C11H15ClF4N4O. The predicted octanol–water partition coefficient (Wildman–Crippen LogP) is 1.77. The number of hydrogen-bond donors (Lipinski definition) is 1. The van der Waals surface area contributed by atoms with E-state index in [1.165, 1.54) is 0 Å². The second kappa shape index (κ2) is 7.08. The van der Waals surface area contributed by atoms with Gasteiger partial charge in [-0.1, -0.05) is 11.6 Å². The fraction of sp³-hybridized carbons (Fsp3) is 0.636. The van der Waals surface area contributed by atoms with Crippen LogP contribution < -0.4 is 10.9 Å². The molecule has 1 N–H and O–H groups in total. The summed E-state index contributed by atoms with van der Waals surface area (Å²) in [6, 6.07) is 0. The normalized spacial score (nSPS) is 12.2. The third kappa shape index (κ3) is 4.85. The van der Waals surface area contributed by atoms with Gasteiger partial charge >= 0.3 is 12.3 Å². The Morgan fingerprint density at radius 3 is 2.62 bits per heavy atom. The summed E-state index contributed by atoms with van der Waals surface area (Å²) in [7, 11) is 3.60. The molecule has 21 heavy (non-hydrogen) atoms. The average molecular weight is 331 g/mol. The fourth-order valence-electron chi connectivity index (χ4n) is 1.33. The lowest BCUT2D eigenvalue weighted by Crippen LogP contribution is -2.35. The van der Waals surface area contributed by atoms with Crippen LogP contribution in [0.4, 0.5) is 23.2 Å². The Bertz CT molecular complexity index is 535. The van der Waals surface area contributed by atoms with Gasteiger partial charge in [-0.25, -0.2) is 13.5 Å². The molecule has 1 heterocycles. The molecule has 0 atom stereocenters. The zero-order chi connectivity index (χ0) is 16.2. The predicted molar refractivity (Wildman–Crippen MR) is 71.5 cm³/mol. The second-order valence-corrected chi connectivity index (χ2v) is 5.00. The summed E-state index contributed by atoms with van der Waals surface area (Å²) in [5, 5.41) is 5.41. The third-order valence-corrected chi connectivity index (χ3v) is 2.94. The zero-order valence-corrected chi connectivity index (χ0v) is 12.2. The molecule has 0 aromatic carbocycles. The van der Waals surface area contributed by atoms with E-state index in [0.717, 1.165) is 10.9 Å². The molecular weight excluding hydrogens is 316 g/mol. The van der Waals surface area contributed by atoms with Crippen molar-refractivity contribution in [1.82, 2.24) is 14.7 Å². The Morgan fingerprint density at radius 2 is 2.10 bits per heavy atom. The lowest BCUT2D eigenvalue weighted by atomic mass is 10.3. The number of rotatable bonds is 7. The minimum Gasteiger partial charge on any atom is -0.376 e. The molecule has 0 unspecified atom stereocenters. The van der Waals surface area contributed by atoms with Crippen molar-refractivity contribution in [2.45, 2.75) is 18.9 Å². The van der Waals surface area contributed by atoms with Gasteiger partial charge in [-0.2, -0.15) is 13.9 Å². The highest BCUT2D eigenvalue weighted by molar-refractivity contribution is 6.32. The van der Waals surface area contributed by atoms with E-state index in [1.807, 2.05) is 10.2 Å². The van der Waals surface area contributed by atoms with Crippen molar-refractivity contribution in [3.8, 4) is 0 Å². The van der Waals surface area contributed by atoms with Crippen LogP contribution in [-0.4, -0.2) is 54.2 Å². The van der Waals surface area contributed by atoms with Gasteiger partial charge < -0.3 is 10.2 Å². The maximum Gasteiger partial charge on any atom is 0.324 e. The van der Waals surface area contributed by atoms with E-state index < -0.39 is 24.5 Å². The summed E-state index contributed by atoms with van der Waals surface area (Å²) in [6.07, 6.45) is -2.75. The van der Waals surface area contributed by atoms with E-state index >= 15 is 0 Å². The molecule has 0 amide bonds. The van der Waals surface area contributed by atoms with Crippen LogP contribution in [0.15, 0.2) is 11.0 Å². The van der Waals surface area contributed by atoms with Crippen molar-refractivity contribution in [3.05, 3.63) is 21.6 Å². The average Bonchev–Trinajstić information content (AvgIpc) is 2.39. The zero-order valence-electron chi connectivity index (χ0n) is 11.4. The molecule has 5 nitrogen and oxygen atoms in total. The molecule has 10 heteroatoms. The number of likely N-dealkylation sites (N-methyl/N-ethyl adjacent to an activating group) is 1. The Morgan fingerprint density at radius 1 is 1.48 bits per heavy atom. The van der Waals surface area contributed by atoms with Gasteiger partial charge in [0, 0.05) is 6.54 Å². The first-order valence-electron chi connectivity index (χ1n) is 5.95. The van der Waals surface area contributed by atoms with Gasteiger partial charge in [0.25, 0.3) is 5.56 Å². The van der Waals surface area contributed by atoms with Crippen LogP contribution in [-0.2, 0) is 6.54 Å². The van der Waals surface area contributed by atoms with Gasteiger partial charge in [-0.05, 0) is 14.1 Å². The Labute approximate surface area is 123 Å². The van der Waals surface area contributed by atoms with Crippen LogP contribution >= 0.6 is 11.6 Å². The number of nitrogens with zero attached hydrogens (tertiary/aromatic N) is 3. The van der Waals surface area contributed by atoms with E-state index in [9.17, 15) is 22.4 Å². The number of alkyl halides is 4. The Hall–Kier alpha value is -1.35. The van der Waals surface area contributed by atoms with Crippen molar-refractivity contribution in [3.63, 3.8) is 0 Å². The van der Waals surface area contributed by atoms with Crippen LogP contribution in [0.1, 0.15) is 0 Å². The number of hydrogen-bond acceptors (Lipinski definition) is 4. The summed E-state index contributed by atoms with van der Waals surface area (Å²) in [4.78, 5) is 13.7. The van der Waals surface area contributed by atoms with E-state index in [1.54, 1.807) is 14.1 Å². The van der Waals surface area contributed by atoms with E-state index in [4.69, 9.17) is 11.6 Å². The summed E-state index contributed by atoms with van der Waals surface area (Å²) in [6.45, 7) is -0.550. The van der Waals surface area contributed by atoms with E-state index in [-0.39, 0.29) is 17.3 Å². The van der Waals surface area contributed by atoms with Crippen molar-refractivity contribution in [2.24, 2.45) is 0 Å². The fourth-order valence-corrected chi connectivity index (χ4v) is 1.55.